The summed E-state index contributed by atoms with van der Waals surface area (Å²) in [5.74, 6) is 0.953. The number of ketones is 1. The second kappa shape index (κ2) is 5.64. The van der Waals surface area contributed by atoms with Crippen LogP contribution in [0.25, 0.3) is 0 Å². The molecule has 0 fully saturated rings. The van der Waals surface area contributed by atoms with Gasteiger partial charge in [-0.25, -0.2) is 0 Å². The fourth-order valence-corrected chi connectivity index (χ4v) is 3.14. The molecule has 1 aliphatic carbocycles. The van der Waals surface area contributed by atoms with Crippen molar-refractivity contribution in [2.75, 3.05) is 0 Å². The third kappa shape index (κ3) is 2.75. The van der Waals surface area contributed by atoms with E-state index in [1.165, 1.54) is 0 Å². The van der Waals surface area contributed by atoms with Crippen LogP contribution in [0.1, 0.15) is 40.2 Å². The molecule has 1 aromatic heterocycles. The monoisotopic (exact) mass is 348 g/mol. The fourth-order valence-electron chi connectivity index (χ4n) is 2.69. The van der Waals surface area contributed by atoms with Gasteiger partial charge in [0.1, 0.15) is 12.4 Å². The summed E-state index contributed by atoms with van der Waals surface area (Å²) in [4.78, 5) is 11.9. The predicted octanol–water partition coefficient (Wildman–Crippen LogP) is 3.59. The fraction of sp³-hybridized carbons (Fsp3) is 0.375. The van der Waals surface area contributed by atoms with Gasteiger partial charge in [-0.05, 0) is 53.4 Å². The van der Waals surface area contributed by atoms with Crippen molar-refractivity contribution >= 4 is 21.7 Å². The molecule has 2 aromatic rings. The Balaban J connectivity index is 1.80. The average molecular weight is 349 g/mol. The molecule has 0 atom stereocenters. The maximum Gasteiger partial charge on any atom is 0.163 e. The van der Waals surface area contributed by atoms with Crippen LogP contribution < -0.4 is 4.74 Å². The van der Waals surface area contributed by atoms with E-state index in [-0.39, 0.29) is 5.78 Å². The third-order valence-corrected chi connectivity index (χ3v) is 4.90. The lowest BCUT2D eigenvalue weighted by Crippen LogP contribution is -2.11. The van der Waals surface area contributed by atoms with Crippen LogP contribution in [-0.4, -0.2) is 15.6 Å². The first-order valence-electron chi connectivity index (χ1n) is 7.03. The number of benzene rings is 1. The maximum atomic E-state index is 11.9. The quantitative estimate of drug-likeness (QED) is 0.851. The Hall–Kier alpha value is -1.62. The van der Waals surface area contributed by atoms with E-state index in [1.54, 1.807) is 0 Å². The van der Waals surface area contributed by atoms with Gasteiger partial charge in [0.15, 0.2) is 5.78 Å². The molecule has 0 amide bonds. The van der Waals surface area contributed by atoms with Crippen molar-refractivity contribution in [3.8, 4) is 5.75 Å². The second-order valence-corrected chi connectivity index (χ2v) is 6.15. The lowest BCUT2D eigenvalue weighted by molar-refractivity contribution is 0.0972. The van der Waals surface area contributed by atoms with Crippen LogP contribution in [0.2, 0.25) is 0 Å². The van der Waals surface area contributed by atoms with E-state index in [4.69, 9.17) is 4.74 Å². The Bertz CT molecular complexity index is 707. The van der Waals surface area contributed by atoms with Crippen LogP contribution in [0.15, 0.2) is 22.7 Å². The van der Waals surface area contributed by atoms with Crippen molar-refractivity contribution in [1.29, 1.82) is 0 Å². The first-order chi connectivity index (χ1) is 10.1. The Morgan fingerprint density at radius 3 is 2.90 bits per heavy atom. The molecule has 0 bridgehead atoms. The van der Waals surface area contributed by atoms with Gasteiger partial charge in [-0.15, -0.1) is 0 Å². The molecule has 0 radical (unpaired) electrons. The SMILES string of the molecule is Cc1nn(C)c(COc2ccc3c(c2)C(=O)CCC3)c1Br. The van der Waals surface area contributed by atoms with Crippen LogP contribution in [0.4, 0.5) is 0 Å². The van der Waals surface area contributed by atoms with E-state index in [0.717, 1.165) is 45.6 Å². The van der Waals surface area contributed by atoms with Gasteiger partial charge < -0.3 is 4.74 Å². The lowest BCUT2D eigenvalue weighted by Gasteiger charge is -2.16. The summed E-state index contributed by atoms with van der Waals surface area (Å²) in [5.41, 5.74) is 3.88. The number of Topliss-reactive ketones (excluding diaryl/α,β-unsaturated/α-hetero) is 1. The van der Waals surface area contributed by atoms with Crippen molar-refractivity contribution in [1.82, 2.24) is 9.78 Å². The van der Waals surface area contributed by atoms with E-state index in [1.807, 2.05) is 36.9 Å². The summed E-state index contributed by atoms with van der Waals surface area (Å²) in [7, 11) is 1.90. The highest BCUT2D eigenvalue weighted by Crippen LogP contribution is 2.27. The second-order valence-electron chi connectivity index (χ2n) is 5.35. The molecule has 3 rings (SSSR count). The maximum absolute atomic E-state index is 11.9. The van der Waals surface area contributed by atoms with Crippen molar-refractivity contribution < 1.29 is 9.53 Å². The molecule has 0 spiro atoms. The smallest absolute Gasteiger partial charge is 0.163 e. The number of ether oxygens (including phenoxy) is 1. The zero-order chi connectivity index (χ0) is 15.0. The zero-order valence-electron chi connectivity index (χ0n) is 12.1. The highest BCUT2D eigenvalue weighted by molar-refractivity contribution is 9.10. The van der Waals surface area contributed by atoms with Crippen LogP contribution >= 0.6 is 15.9 Å². The topological polar surface area (TPSA) is 44.1 Å². The molecular formula is C16H17BrN2O2. The van der Waals surface area contributed by atoms with Gasteiger partial charge in [0.2, 0.25) is 0 Å². The molecule has 0 saturated carbocycles. The summed E-state index contributed by atoms with van der Waals surface area (Å²) in [6, 6.07) is 5.81. The van der Waals surface area contributed by atoms with Crippen molar-refractivity contribution in [2.45, 2.75) is 32.8 Å². The number of nitrogens with zero attached hydrogens (tertiary/aromatic N) is 2. The van der Waals surface area contributed by atoms with E-state index in [9.17, 15) is 4.79 Å². The molecule has 1 aromatic carbocycles. The predicted molar refractivity (Wildman–Crippen MR) is 83.7 cm³/mol. The number of carbonyl (C=O) groups is 1. The first-order valence-corrected chi connectivity index (χ1v) is 7.82. The summed E-state index contributed by atoms with van der Waals surface area (Å²) < 4.78 is 8.62. The van der Waals surface area contributed by atoms with Crippen LogP contribution in [0.5, 0.6) is 5.75 Å². The minimum Gasteiger partial charge on any atom is -0.487 e. The van der Waals surface area contributed by atoms with Crippen molar-refractivity contribution in [3.63, 3.8) is 0 Å². The number of carbonyl (C=O) groups excluding carboxylic acids is 1. The molecule has 0 N–H and O–H groups in total. The number of halogens is 1. The normalized spacial score (nSPS) is 14.1. The largest absolute Gasteiger partial charge is 0.487 e. The molecule has 1 heterocycles. The molecule has 1 aliphatic rings. The number of hydrogen-bond donors (Lipinski definition) is 0. The summed E-state index contributed by atoms with van der Waals surface area (Å²) in [6.07, 6.45) is 2.57. The van der Waals surface area contributed by atoms with Gasteiger partial charge in [-0.2, -0.15) is 5.10 Å². The van der Waals surface area contributed by atoms with E-state index >= 15 is 0 Å². The van der Waals surface area contributed by atoms with Gasteiger partial charge in [0.25, 0.3) is 0 Å². The number of hydrogen-bond acceptors (Lipinski definition) is 3. The summed E-state index contributed by atoms with van der Waals surface area (Å²) >= 11 is 3.53. The molecule has 0 unspecified atom stereocenters. The molecule has 5 heteroatoms. The van der Waals surface area contributed by atoms with Gasteiger partial charge in [-0.3, -0.25) is 9.48 Å². The zero-order valence-corrected chi connectivity index (χ0v) is 13.7. The minimum absolute atomic E-state index is 0.222. The molecule has 110 valence electrons. The highest BCUT2D eigenvalue weighted by Gasteiger charge is 2.18. The minimum atomic E-state index is 0.222. The Morgan fingerprint density at radius 2 is 2.19 bits per heavy atom. The standard InChI is InChI=1S/C16H17BrN2O2/c1-10-16(17)14(19(2)18-10)9-21-12-7-6-11-4-3-5-15(20)13(11)8-12/h6-8H,3-5,9H2,1-2H3. The Kier molecular flexibility index (Phi) is 3.85. The van der Waals surface area contributed by atoms with E-state index < -0.39 is 0 Å². The summed E-state index contributed by atoms with van der Waals surface area (Å²) in [5, 5.41) is 4.34. The number of aromatic nitrogens is 2. The van der Waals surface area contributed by atoms with Gasteiger partial charge in [0.05, 0.1) is 15.9 Å². The van der Waals surface area contributed by atoms with E-state index in [0.29, 0.717) is 13.0 Å². The van der Waals surface area contributed by atoms with Crippen molar-refractivity contribution in [3.05, 3.63) is 45.2 Å². The first kappa shape index (κ1) is 14.3. The number of aryl methyl sites for hydroxylation is 3. The Morgan fingerprint density at radius 1 is 1.38 bits per heavy atom. The van der Waals surface area contributed by atoms with Gasteiger partial charge in [0, 0.05) is 19.0 Å². The third-order valence-electron chi connectivity index (χ3n) is 3.87. The Labute approximate surface area is 132 Å². The van der Waals surface area contributed by atoms with Gasteiger partial charge in [-0.1, -0.05) is 6.07 Å². The van der Waals surface area contributed by atoms with Crippen LogP contribution in [0.3, 0.4) is 0 Å². The summed E-state index contributed by atoms with van der Waals surface area (Å²) in [6.45, 7) is 2.37. The number of fused-ring (bicyclic) bond motifs is 1. The van der Waals surface area contributed by atoms with Crippen molar-refractivity contribution in [2.24, 2.45) is 7.05 Å². The highest BCUT2D eigenvalue weighted by atomic mass is 79.9. The van der Waals surface area contributed by atoms with E-state index in [2.05, 4.69) is 21.0 Å². The van der Waals surface area contributed by atoms with Crippen LogP contribution in [0, 0.1) is 6.92 Å². The van der Waals surface area contributed by atoms with Crippen LogP contribution in [-0.2, 0) is 20.1 Å². The molecule has 4 nitrogen and oxygen atoms in total. The molecule has 0 saturated heterocycles. The average Bonchev–Trinajstić information content (AvgIpc) is 2.71. The lowest BCUT2D eigenvalue weighted by atomic mass is 9.90. The molecular weight excluding hydrogens is 332 g/mol. The van der Waals surface area contributed by atoms with Gasteiger partial charge >= 0.3 is 0 Å². The molecule has 21 heavy (non-hydrogen) atoms. The molecule has 0 aliphatic heterocycles. The number of rotatable bonds is 3.